The molecule has 0 bridgehead atoms. The van der Waals surface area contributed by atoms with E-state index < -0.39 is 4.92 Å². The van der Waals surface area contributed by atoms with Crippen molar-refractivity contribution in [3.05, 3.63) is 102 Å². The van der Waals surface area contributed by atoms with E-state index in [2.05, 4.69) is 29.8 Å². The maximum Gasteiger partial charge on any atom is 0.269 e. The zero-order chi connectivity index (χ0) is 26.5. The monoisotopic (exact) mass is 599 g/mol. The number of rotatable bonds is 8. The van der Waals surface area contributed by atoms with Gasteiger partial charge in [0.2, 0.25) is 0 Å². The molecule has 0 saturated carbocycles. The lowest BCUT2D eigenvalue weighted by Gasteiger charge is -2.17. The molecule has 190 valence electrons. The fourth-order valence-corrected chi connectivity index (χ4v) is 5.14. The Kier molecular flexibility index (Phi) is 8.68. The quantitative estimate of drug-likeness (QED) is 0.149. The smallest absolute Gasteiger partial charge is 0.269 e. The van der Waals surface area contributed by atoms with Gasteiger partial charge in [-0.2, -0.15) is 0 Å². The zero-order valence-corrected chi connectivity index (χ0v) is 23.2. The Morgan fingerprint density at radius 2 is 1.84 bits per heavy atom. The first-order chi connectivity index (χ1) is 17.7. The van der Waals surface area contributed by atoms with E-state index in [1.165, 1.54) is 23.9 Å². The van der Waals surface area contributed by atoms with Crippen molar-refractivity contribution in [1.29, 1.82) is 0 Å². The molecule has 3 aromatic carbocycles. The van der Waals surface area contributed by atoms with Crippen molar-refractivity contribution in [3.8, 4) is 5.75 Å². The van der Waals surface area contributed by atoms with Crippen LogP contribution in [-0.4, -0.2) is 27.4 Å². The number of nitro groups is 1. The summed E-state index contributed by atoms with van der Waals surface area (Å²) in [7, 11) is 0. The molecule has 0 aromatic heterocycles. The predicted molar refractivity (Wildman–Crippen MR) is 152 cm³/mol. The lowest BCUT2D eigenvalue weighted by Crippen LogP contribution is -2.32. The van der Waals surface area contributed by atoms with Crippen molar-refractivity contribution in [1.82, 2.24) is 4.90 Å². The van der Waals surface area contributed by atoms with E-state index in [4.69, 9.17) is 21.3 Å². The number of amidine groups is 1. The number of nitro benzene ring substituents is 1. The fraction of sp³-hybridized carbons (Fsp3) is 0.185. The number of aliphatic imine (C=N–C) groups is 1. The highest BCUT2D eigenvalue weighted by molar-refractivity contribution is 9.10. The molecule has 4 rings (SSSR count). The van der Waals surface area contributed by atoms with E-state index in [9.17, 15) is 14.9 Å². The molecule has 7 nitrogen and oxygen atoms in total. The average Bonchev–Trinajstić information content (AvgIpc) is 3.13. The van der Waals surface area contributed by atoms with Crippen LogP contribution in [0.15, 0.2) is 81.1 Å². The first-order valence-corrected chi connectivity index (χ1v) is 13.4. The Morgan fingerprint density at radius 1 is 1.14 bits per heavy atom. The van der Waals surface area contributed by atoms with Gasteiger partial charge in [-0.05, 0) is 99.3 Å². The van der Waals surface area contributed by atoms with Gasteiger partial charge < -0.3 is 4.74 Å². The van der Waals surface area contributed by atoms with Gasteiger partial charge in [0.1, 0.15) is 12.4 Å². The average molecular weight is 601 g/mol. The summed E-state index contributed by atoms with van der Waals surface area (Å²) in [5.74, 6) is 0.819. The summed E-state index contributed by atoms with van der Waals surface area (Å²) < 4.78 is 6.61. The molecule has 1 amide bonds. The number of carbonyl (C=O) groups excluding carboxylic acids is 1. The molecule has 3 aromatic rings. The Balaban J connectivity index is 1.51. The number of carbonyl (C=O) groups is 1. The highest BCUT2D eigenvalue weighted by Gasteiger charge is 2.33. The maximum atomic E-state index is 13.2. The van der Waals surface area contributed by atoms with Crippen molar-refractivity contribution >= 4 is 67.8 Å². The van der Waals surface area contributed by atoms with Gasteiger partial charge in [-0.15, -0.1) is 0 Å². The first-order valence-electron chi connectivity index (χ1n) is 11.4. The van der Waals surface area contributed by atoms with Crippen LogP contribution in [0, 0.1) is 16.0 Å². The van der Waals surface area contributed by atoms with Gasteiger partial charge in [-0.1, -0.05) is 31.5 Å². The number of benzene rings is 3. The standard InChI is InChI=1S/C27H23BrClN3O4S/c1-17(2)15-31-26(33)25(37-27(31)30-21-8-6-20(29)7-9-21)14-19-5-12-24(23(28)13-19)36-16-18-3-10-22(11-4-18)32(34)35/h3-14,17H,15-16H2,1-2H3/b25-14-,30-27?. The van der Waals surface area contributed by atoms with Crippen LogP contribution in [0.25, 0.3) is 6.08 Å². The first kappa shape index (κ1) is 26.9. The van der Waals surface area contributed by atoms with Crippen LogP contribution in [-0.2, 0) is 11.4 Å². The molecule has 0 spiro atoms. The summed E-state index contributed by atoms with van der Waals surface area (Å²) in [4.78, 5) is 30.6. The van der Waals surface area contributed by atoms with Crippen molar-refractivity contribution < 1.29 is 14.5 Å². The van der Waals surface area contributed by atoms with Crippen LogP contribution < -0.4 is 4.74 Å². The fourth-order valence-electron chi connectivity index (χ4n) is 3.49. The minimum absolute atomic E-state index is 0.0370. The van der Waals surface area contributed by atoms with Crippen LogP contribution in [0.3, 0.4) is 0 Å². The Morgan fingerprint density at radius 3 is 2.46 bits per heavy atom. The molecular weight excluding hydrogens is 578 g/mol. The minimum Gasteiger partial charge on any atom is -0.488 e. The van der Waals surface area contributed by atoms with Crippen molar-refractivity contribution in [2.45, 2.75) is 20.5 Å². The molecule has 0 atom stereocenters. The Labute approximate surface area is 232 Å². The van der Waals surface area contributed by atoms with E-state index in [-0.39, 0.29) is 24.1 Å². The van der Waals surface area contributed by atoms with E-state index in [1.807, 2.05) is 36.4 Å². The lowest BCUT2D eigenvalue weighted by molar-refractivity contribution is -0.384. The van der Waals surface area contributed by atoms with E-state index >= 15 is 0 Å². The number of hydrogen-bond acceptors (Lipinski definition) is 6. The molecule has 37 heavy (non-hydrogen) atoms. The molecule has 0 aliphatic carbocycles. The number of hydrogen-bond donors (Lipinski definition) is 0. The summed E-state index contributed by atoms with van der Waals surface area (Å²) in [5, 5.41) is 12.1. The number of ether oxygens (including phenoxy) is 1. The van der Waals surface area contributed by atoms with E-state index in [0.29, 0.717) is 27.4 Å². The van der Waals surface area contributed by atoms with Gasteiger partial charge in [0.05, 0.1) is 20.0 Å². The van der Waals surface area contributed by atoms with Gasteiger partial charge in [0, 0.05) is 23.7 Å². The van der Waals surface area contributed by atoms with Gasteiger partial charge >= 0.3 is 0 Å². The molecule has 1 aliphatic rings. The van der Waals surface area contributed by atoms with Crippen LogP contribution in [0.5, 0.6) is 5.75 Å². The molecule has 1 saturated heterocycles. The number of non-ortho nitro benzene ring substituents is 1. The van der Waals surface area contributed by atoms with E-state index in [0.717, 1.165) is 21.3 Å². The summed E-state index contributed by atoms with van der Waals surface area (Å²) in [6.45, 7) is 4.95. The third kappa shape index (κ3) is 7.00. The molecule has 0 unspecified atom stereocenters. The molecule has 10 heteroatoms. The maximum absolute atomic E-state index is 13.2. The number of amides is 1. The minimum atomic E-state index is -0.434. The number of halogens is 2. The van der Waals surface area contributed by atoms with Crippen LogP contribution in [0.4, 0.5) is 11.4 Å². The van der Waals surface area contributed by atoms with Gasteiger partial charge in [0.15, 0.2) is 5.17 Å². The van der Waals surface area contributed by atoms with Crippen molar-refractivity contribution in [2.24, 2.45) is 10.9 Å². The molecule has 1 fully saturated rings. The second kappa shape index (κ2) is 11.9. The predicted octanol–water partition coefficient (Wildman–Crippen LogP) is 7.85. The number of nitrogens with zero attached hydrogens (tertiary/aromatic N) is 3. The lowest BCUT2D eigenvalue weighted by atomic mass is 10.2. The molecule has 0 radical (unpaired) electrons. The highest BCUT2D eigenvalue weighted by Crippen LogP contribution is 2.36. The molecule has 1 heterocycles. The third-order valence-electron chi connectivity index (χ3n) is 5.28. The molecule has 0 N–H and O–H groups in total. The normalized spacial score (nSPS) is 15.7. The third-order valence-corrected chi connectivity index (χ3v) is 7.16. The van der Waals surface area contributed by atoms with Crippen LogP contribution in [0.1, 0.15) is 25.0 Å². The molecule has 1 aliphatic heterocycles. The highest BCUT2D eigenvalue weighted by atomic mass is 79.9. The van der Waals surface area contributed by atoms with Crippen molar-refractivity contribution in [3.63, 3.8) is 0 Å². The van der Waals surface area contributed by atoms with Gasteiger partial charge in [-0.25, -0.2) is 4.99 Å². The second-order valence-electron chi connectivity index (χ2n) is 8.69. The topological polar surface area (TPSA) is 85.0 Å². The summed E-state index contributed by atoms with van der Waals surface area (Å²) in [6, 6.07) is 19.0. The Hall–Kier alpha value is -3.14. The largest absolute Gasteiger partial charge is 0.488 e. The van der Waals surface area contributed by atoms with Crippen LogP contribution in [0.2, 0.25) is 5.02 Å². The summed E-state index contributed by atoms with van der Waals surface area (Å²) >= 11 is 10.9. The van der Waals surface area contributed by atoms with Crippen molar-refractivity contribution in [2.75, 3.05) is 6.54 Å². The van der Waals surface area contributed by atoms with Gasteiger partial charge in [0.25, 0.3) is 11.6 Å². The summed E-state index contributed by atoms with van der Waals surface area (Å²) in [6.07, 6.45) is 1.84. The van der Waals surface area contributed by atoms with Crippen LogP contribution >= 0.6 is 39.3 Å². The molecular formula is C27H23BrClN3O4S. The Bertz CT molecular complexity index is 1380. The number of thioether (sulfide) groups is 1. The van der Waals surface area contributed by atoms with E-state index in [1.54, 1.807) is 29.2 Å². The second-order valence-corrected chi connectivity index (χ2v) is 11.0. The SMILES string of the molecule is CC(C)CN1C(=O)/C(=C/c2ccc(OCc3ccc([N+](=O)[O-])cc3)c(Br)c2)SC1=Nc1ccc(Cl)cc1. The van der Waals surface area contributed by atoms with Gasteiger partial charge in [-0.3, -0.25) is 19.8 Å². The summed E-state index contributed by atoms with van der Waals surface area (Å²) in [5.41, 5.74) is 2.42. The zero-order valence-electron chi connectivity index (χ0n) is 20.1.